The predicted molar refractivity (Wildman–Crippen MR) is 423 cm³/mol. The van der Waals surface area contributed by atoms with Crippen molar-refractivity contribution in [1.29, 1.82) is 0 Å². The summed E-state index contributed by atoms with van der Waals surface area (Å²) in [6.07, 6.45) is 67.2. The van der Waals surface area contributed by atoms with Gasteiger partial charge in [0.25, 0.3) is 0 Å². The Bertz CT molecular complexity index is 1980. The van der Waals surface area contributed by atoms with Crippen molar-refractivity contribution in [2.24, 2.45) is 11.8 Å². The molecule has 3 N–H and O–H groups in total. The number of ether oxygens (including phenoxy) is 4. The number of carbonyl (C=O) groups is 4. The zero-order chi connectivity index (χ0) is 75.6. The van der Waals surface area contributed by atoms with Gasteiger partial charge in [0.2, 0.25) is 0 Å². The second-order valence-electron chi connectivity index (χ2n) is 30.7. The average molecular weight is 1510 g/mol. The van der Waals surface area contributed by atoms with Gasteiger partial charge in [-0.2, -0.15) is 0 Å². The first-order valence-corrected chi connectivity index (χ1v) is 46.6. The largest absolute Gasteiger partial charge is 0.472 e. The Balaban J connectivity index is 5.10. The van der Waals surface area contributed by atoms with Gasteiger partial charge in [0, 0.05) is 25.7 Å². The molecular formula is C84H164O17P2. The van der Waals surface area contributed by atoms with Crippen molar-refractivity contribution >= 4 is 39.5 Å². The second kappa shape index (κ2) is 75.5. The fraction of sp³-hybridized carbons (Fsp3) is 0.952. The lowest BCUT2D eigenvalue weighted by atomic mass is 9.99. The average Bonchev–Trinajstić information content (AvgIpc) is 0.936. The van der Waals surface area contributed by atoms with Crippen LogP contribution in [0.5, 0.6) is 0 Å². The molecule has 0 aliphatic carbocycles. The molecule has 17 nitrogen and oxygen atoms in total. The number of aliphatic hydroxyl groups is 1. The van der Waals surface area contributed by atoms with Crippen molar-refractivity contribution in [3.63, 3.8) is 0 Å². The van der Waals surface area contributed by atoms with Crippen LogP contribution in [0.25, 0.3) is 0 Å². The maximum atomic E-state index is 13.1. The first-order valence-electron chi connectivity index (χ1n) is 43.6. The third-order valence-corrected chi connectivity index (χ3v) is 22.3. The van der Waals surface area contributed by atoms with Crippen LogP contribution < -0.4 is 0 Å². The molecule has 7 atom stereocenters. The van der Waals surface area contributed by atoms with Gasteiger partial charge in [-0.1, -0.05) is 395 Å². The SMILES string of the molecule is CCCCCCCCCCCCCCCCCCCCCCCCC(=O)OC[C@H](COP(=O)(O)OC[C@@H](O)COP(=O)(O)OC[C@@H](COC(=O)CCCCCCC)OC(=O)CCCCCCCCCCCCC(C)CC)OC(=O)CCCCCCCCCCCCCCCCCCCCC(C)CC. The van der Waals surface area contributed by atoms with Crippen LogP contribution in [-0.4, -0.2) is 96.7 Å². The monoisotopic (exact) mass is 1510 g/mol. The van der Waals surface area contributed by atoms with E-state index >= 15 is 0 Å². The van der Waals surface area contributed by atoms with E-state index in [0.29, 0.717) is 25.7 Å². The molecule has 0 bridgehead atoms. The van der Waals surface area contributed by atoms with Crippen molar-refractivity contribution in [3.05, 3.63) is 0 Å². The van der Waals surface area contributed by atoms with Crippen LogP contribution >= 0.6 is 15.6 Å². The molecular weight excluding hydrogens is 1340 g/mol. The first-order chi connectivity index (χ1) is 49.9. The lowest BCUT2D eigenvalue weighted by Gasteiger charge is -2.21. The number of aliphatic hydroxyl groups excluding tert-OH is 1. The Morgan fingerprint density at radius 3 is 0.689 bits per heavy atom. The number of unbranched alkanes of at least 4 members (excludes halogenated alkanes) is 51. The highest BCUT2D eigenvalue weighted by Gasteiger charge is 2.30. The maximum absolute atomic E-state index is 13.1. The Morgan fingerprint density at radius 1 is 0.272 bits per heavy atom. The van der Waals surface area contributed by atoms with Crippen LogP contribution in [0, 0.1) is 11.8 Å². The van der Waals surface area contributed by atoms with E-state index in [1.807, 2.05) is 0 Å². The Kier molecular flexibility index (Phi) is 74.1. The van der Waals surface area contributed by atoms with Gasteiger partial charge in [0.05, 0.1) is 26.4 Å². The molecule has 0 aliphatic rings. The van der Waals surface area contributed by atoms with Gasteiger partial charge in [0.1, 0.15) is 19.3 Å². The fourth-order valence-corrected chi connectivity index (χ4v) is 14.6. The number of phosphoric acid groups is 2. The second-order valence-corrected chi connectivity index (χ2v) is 33.6. The van der Waals surface area contributed by atoms with Crippen molar-refractivity contribution < 1.29 is 80.2 Å². The first kappa shape index (κ1) is 101. The van der Waals surface area contributed by atoms with E-state index in [4.69, 9.17) is 37.0 Å². The Morgan fingerprint density at radius 2 is 0.466 bits per heavy atom. The van der Waals surface area contributed by atoms with Gasteiger partial charge in [-0.05, 0) is 37.5 Å². The summed E-state index contributed by atoms with van der Waals surface area (Å²) in [7, 11) is -9.91. The van der Waals surface area contributed by atoms with Gasteiger partial charge in [-0.3, -0.25) is 37.3 Å². The highest BCUT2D eigenvalue weighted by molar-refractivity contribution is 7.47. The molecule has 0 spiro atoms. The molecule has 19 heteroatoms. The number of hydrogen-bond donors (Lipinski definition) is 3. The number of hydrogen-bond acceptors (Lipinski definition) is 15. The lowest BCUT2D eigenvalue weighted by Crippen LogP contribution is -2.30. The molecule has 0 amide bonds. The van der Waals surface area contributed by atoms with E-state index in [-0.39, 0.29) is 25.7 Å². The molecule has 0 aromatic rings. The summed E-state index contributed by atoms with van der Waals surface area (Å²) >= 11 is 0. The summed E-state index contributed by atoms with van der Waals surface area (Å²) in [6, 6.07) is 0. The highest BCUT2D eigenvalue weighted by atomic mass is 31.2. The topological polar surface area (TPSA) is 237 Å². The van der Waals surface area contributed by atoms with Crippen LogP contribution in [0.15, 0.2) is 0 Å². The van der Waals surface area contributed by atoms with Crippen molar-refractivity contribution in [3.8, 4) is 0 Å². The van der Waals surface area contributed by atoms with Crippen LogP contribution in [-0.2, 0) is 65.4 Å². The molecule has 103 heavy (non-hydrogen) atoms. The van der Waals surface area contributed by atoms with Crippen molar-refractivity contribution in [2.75, 3.05) is 39.6 Å². The van der Waals surface area contributed by atoms with Crippen LogP contribution in [0.3, 0.4) is 0 Å². The molecule has 612 valence electrons. The van der Waals surface area contributed by atoms with Gasteiger partial charge in [-0.15, -0.1) is 0 Å². The summed E-state index contributed by atoms with van der Waals surface area (Å²) < 4.78 is 68.5. The summed E-state index contributed by atoms with van der Waals surface area (Å²) in [5, 5.41) is 10.6. The van der Waals surface area contributed by atoms with Gasteiger partial charge in [-0.25, -0.2) is 9.13 Å². The van der Waals surface area contributed by atoms with E-state index in [9.17, 15) is 43.2 Å². The van der Waals surface area contributed by atoms with Crippen LogP contribution in [0.1, 0.15) is 446 Å². The minimum absolute atomic E-state index is 0.106. The summed E-state index contributed by atoms with van der Waals surface area (Å²) in [5.74, 6) is -0.445. The fourth-order valence-electron chi connectivity index (χ4n) is 13.0. The summed E-state index contributed by atoms with van der Waals surface area (Å²) in [6.45, 7) is 9.64. The Labute approximate surface area is 632 Å². The van der Waals surface area contributed by atoms with Gasteiger partial charge < -0.3 is 33.8 Å². The number of phosphoric ester groups is 2. The molecule has 0 aromatic heterocycles. The van der Waals surface area contributed by atoms with Gasteiger partial charge in [0.15, 0.2) is 12.2 Å². The zero-order valence-electron chi connectivity index (χ0n) is 67.6. The Hall–Kier alpha value is -1.94. The molecule has 0 aromatic carbocycles. The smallest absolute Gasteiger partial charge is 0.462 e. The highest BCUT2D eigenvalue weighted by Crippen LogP contribution is 2.45. The van der Waals surface area contributed by atoms with Crippen molar-refractivity contribution in [1.82, 2.24) is 0 Å². The van der Waals surface area contributed by atoms with Crippen molar-refractivity contribution in [2.45, 2.75) is 464 Å². The predicted octanol–water partition coefficient (Wildman–Crippen LogP) is 25.5. The number of rotatable bonds is 83. The maximum Gasteiger partial charge on any atom is 0.472 e. The lowest BCUT2D eigenvalue weighted by molar-refractivity contribution is -0.161. The summed E-state index contributed by atoms with van der Waals surface area (Å²) in [4.78, 5) is 72.8. The third-order valence-electron chi connectivity index (χ3n) is 20.4. The third kappa shape index (κ3) is 75.3. The normalized spacial score (nSPS) is 14.4. The molecule has 0 fully saturated rings. The standard InChI is InChI=1S/C84H164O17P2/c1-7-11-13-15-16-17-18-19-20-21-22-23-24-25-29-32-35-38-44-49-55-61-67-82(87)95-73-80(101-84(89)68-62-56-50-45-39-36-33-30-27-26-28-31-34-37-42-47-53-58-64-76(5)9-3)75-99-103(92,93)97-71-78(85)70-96-102(90,91)98-74-79(72-94-81(86)66-60-52-14-12-8-2)100-83(88)69-63-57-51-46-41-40-43-48-54-59-65-77(6)10-4/h76-80,85H,7-75H2,1-6H3,(H,90,91)(H,92,93)/t76?,77?,78-,79+,80+/m0/s1. The molecule has 0 aliphatic heterocycles. The number of carbonyl (C=O) groups excluding carboxylic acids is 4. The quantitative estimate of drug-likeness (QED) is 0.0222. The molecule has 4 unspecified atom stereocenters. The molecule has 0 heterocycles. The molecule has 0 radical (unpaired) electrons. The molecule has 0 saturated carbocycles. The summed E-state index contributed by atoms with van der Waals surface area (Å²) in [5.41, 5.74) is 0. The van der Waals surface area contributed by atoms with Gasteiger partial charge >= 0.3 is 39.5 Å². The minimum Gasteiger partial charge on any atom is -0.462 e. The van der Waals surface area contributed by atoms with E-state index in [2.05, 4.69) is 41.5 Å². The van der Waals surface area contributed by atoms with E-state index in [1.54, 1.807) is 0 Å². The molecule has 0 rings (SSSR count). The van der Waals surface area contributed by atoms with Crippen LogP contribution in [0.4, 0.5) is 0 Å². The van der Waals surface area contributed by atoms with E-state index in [1.165, 1.54) is 257 Å². The number of esters is 4. The van der Waals surface area contributed by atoms with Crippen LogP contribution in [0.2, 0.25) is 0 Å². The minimum atomic E-state index is -4.96. The zero-order valence-corrected chi connectivity index (χ0v) is 69.4. The van der Waals surface area contributed by atoms with E-state index in [0.717, 1.165) is 108 Å². The van der Waals surface area contributed by atoms with E-state index < -0.39 is 97.5 Å². The molecule has 0 saturated heterocycles.